The number of hydrogen-bond donors (Lipinski definition) is 3. The van der Waals surface area contributed by atoms with Gasteiger partial charge in [-0.25, -0.2) is 4.79 Å². The zero-order valence-corrected chi connectivity index (χ0v) is 15.2. The molecule has 0 aliphatic carbocycles. The summed E-state index contributed by atoms with van der Waals surface area (Å²) < 4.78 is 5.78. The second-order valence-electron chi connectivity index (χ2n) is 6.42. The highest BCUT2D eigenvalue weighted by molar-refractivity contribution is 5.91. The van der Waals surface area contributed by atoms with Gasteiger partial charge in [0, 0.05) is 25.2 Å². The summed E-state index contributed by atoms with van der Waals surface area (Å²) >= 11 is 0. The minimum atomic E-state index is -0.532. The maximum absolute atomic E-state index is 12.4. The summed E-state index contributed by atoms with van der Waals surface area (Å²) in [5.74, 6) is 1.03. The average Bonchev–Trinajstić information content (AvgIpc) is 2.62. The Morgan fingerprint density at radius 3 is 2.62 bits per heavy atom. The van der Waals surface area contributed by atoms with Crippen molar-refractivity contribution >= 4 is 17.6 Å². The molecule has 0 fully saturated rings. The number of para-hydroxylation sites is 2. The number of carbonyl (C=O) groups excluding carboxylic acids is 2. The van der Waals surface area contributed by atoms with Gasteiger partial charge >= 0.3 is 6.03 Å². The van der Waals surface area contributed by atoms with Crippen LogP contribution in [0.1, 0.15) is 26.7 Å². The molecule has 7 nitrogen and oxygen atoms in total. The third-order valence-corrected chi connectivity index (χ3v) is 3.71. The van der Waals surface area contributed by atoms with Crippen molar-refractivity contribution in [2.45, 2.75) is 32.2 Å². The SMILES string of the molecule is CNC(=O)CCC(C)(C)NC(=O)Nc1ccccc1Oc1cccnc1. The quantitative estimate of drug-likeness (QED) is 0.710. The van der Waals surface area contributed by atoms with Gasteiger partial charge in [-0.3, -0.25) is 9.78 Å². The molecule has 0 saturated heterocycles. The van der Waals surface area contributed by atoms with E-state index in [9.17, 15) is 9.59 Å². The molecule has 0 unspecified atom stereocenters. The summed E-state index contributed by atoms with van der Waals surface area (Å²) in [5, 5.41) is 8.24. The van der Waals surface area contributed by atoms with Gasteiger partial charge in [0.15, 0.2) is 5.75 Å². The van der Waals surface area contributed by atoms with Crippen LogP contribution in [0.5, 0.6) is 11.5 Å². The van der Waals surface area contributed by atoms with Crippen molar-refractivity contribution in [3.05, 3.63) is 48.8 Å². The van der Waals surface area contributed by atoms with Crippen LogP contribution in [0, 0.1) is 0 Å². The van der Waals surface area contributed by atoms with E-state index in [0.717, 1.165) is 0 Å². The number of nitrogens with zero attached hydrogens (tertiary/aromatic N) is 1. The zero-order valence-electron chi connectivity index (χ0n) is 15.2. The first-order chi connectivity index (χ1) is 12.4. The summed E-state index contributed by atoms with van der Waals surface area (Å²) in [4.78, 5) is 27.8. The second kappa shape index (κ2) is 8.84. The Bertz CT molecular complexity index is 747. The molecule has 0 aliphatic rings. The first-order valence-electron chi connectivity index (χ1n) is 8.36. The highest BCUT2D eigenvalue weighted by atomic mass is 16.5. The fraction of sp³-hybridized carbons (Fsp3) is 0.316. The van der Waals surface area contributed by atoms with Gasteiger partial charge in [-0.15, -0.1) is 0 Å². The van der Waals surface area contributed by atoms with Gasteiger partial charge in [-0.1, -0.05) is 12.1 Å². The molecule has 0 bridgehead atoms. The van der Waals surface area contributed by atoms with Crippen molar-refractivity contribution in [1.29, 1.82) is 0 Å². The molecule has 3 N–H and O–H groups in total. The van der Waals surface area contributed by atoms with Crippen molar-refractivity contribution in [2.24, 2.45) is 0 Å². The summed E-state index contributed by atoms with van der Waals surface area (Å²) in [5.41, 5.74) is 0.00592. The minimum Gasteiger partial charge on any atom is -0.454 e. The lowest BCUT2D eigenvalue weighted by atomic mass is 9.98. The fourth-order valence-corrected chi connectivity index (χ4v) is 2.27. The van der Waals surface area contributed by atoms with Crippen molar-refractivity contribution in [3.63, 3.8) is 0 Å². The number of ether oxygens (including phenoxy) is 1. The number of anilines is 1. The summed E-state index contributed by atoms with van der Waals surface area (Å²) in [6, 6.07) is 10.3. The first-order valence-corrected chi connectivity index (χ1v) is 8.36. The molecule has 1 heterocycles. The summed E-state index contributed by atoms with van der Waals surface area (Å²) in [7, 11) is 1.59. The Kier molecular flexibility index (Phi) is 6.54. The van der Waals surface area contributed by atoms with E-state index in [1.165, 1.54) is 0 Å². The highest BCUT2D eigenvalue weighted by Gasteiger charge is 2.22. The number of aromatic nitrogens is 1. The normalized spacial score (nSPS) is 10.7. The molecule has 7 heteroatoms. The van der Waals surface area contributed by atoms with E-state index in [-0.39, 0.29) is 11.9 Å². The maximum Gasteiger partial charge on any atom is 0.319 e. The van der Waals surface area contributed by atoms with Crippen LogP contribution in [0.3, 0.4) is 0 Å². The lowest BCUT2D eigenvalue weighted by molar-refractivity contribution is -0.120. The predicted molar refractivity (Wildman–Crippen MR) is 100 cm³/mol. The molecule has 2 aromatic rings. The Morgan fingerprint density at radius 2 is 1.92 bits per heavy atom. The molecule has 1 aromatic heterocycles. The van der Waals surface area contributed by atoms with Crippen LogP contribution in [0.2, 0.25) is 0 Å². The molecular weight excluding hydrogens is 332 g/mol. The standard InChI is InChI=1S/C19H24N4O3/c1-19(2,11-10-17(24)20-3)23-18(25)22-15-8-4-5-9-16(15)26-14-7-6-12-21-13-14/h4-9,12-13H,10-11H2,1-3H3,(H,20,24)(H2,22,23,25). The summed E-state index contributed by atoms with van der Waals surface area (Å²) in [6.45, 7) is 3.74. The van der Waals surface area contributed by atoms with E-state index in [0.29, 0.717) is 30.0 Å². The Morgan fingerprint density at radius 1 is 1.15 bits per heavy atom. The number of hydrogen-bond acceptors (Lipinski definition) is 4. The Balaban J connectivity index is 1.99. The Labute approximate surface area is 153 Å². The topological polar surface area (TPSA) is 92.4 Å². The molecule has 3 amide bonds. The highest BCUT2D eigenvalue weighted by Crippen LogP contribution is 2.28. The van der Waals surface area contributed by atoms with E-state index < -0.39 is 5.54 Å². The van der Waals surface area contributed by atoms with Crippen LogP contribution < -0.4 is 20.7 Å². The van der Waals surface area contributed by atoms with Crippen molar-refractivity contribution in [3.8, 4) is 11.5 Å². The van der Waals surface area contributed by atoms with Crippen LogP contribution in [0.15, 0.2) is 48.8 Å². The average molecular weight is 356 g/mol. The fourth-order valence-electron chi connectivity index (χ4n) is 2.27. The van der Waals surface area contributed by atoms with Crippen LogP contribution in [0.25, 0.3) is 0 Å². The third kappa shape index (κ3) is 6.08. The molecule has 0 spiro atoms. The lowest BCUT2D eigenvalue weighted by Gasteiger charge is -2.26. The lowest BCUT2D eigenvalue weighted by Crippen LogP contribution is -2.46. The van der Waals surface area contributed by atoms with E-state index in [2.05, 4.69) is 20.9 Å². The van der Waals surface area contributed by atoms with E-state index in [4.69, 9.17) is 4.74 Å². The largest absolute Gasteiger partial charge is 0.454 e. The molecular formula is C19H24N4O3. The number of urea groups is 1. The monoisotopic (exact) mass is 356 g/mol. The first kappa shape index (κ1) is 19.2. The summed E-state index contributed by atoms with van der Waals surface area (Å²) in [6.07, 6.45) is 4.11. The van der Waals surface area contributed by atoms with Gasteiger partial charge in [0.05, 0.1) is 11.9 Å². The predicted octanol–water partition coefficient (Wildman–Crippen LogP) is 3.30. The molecule has 0 aliphatic heterocycles. The molecule has 0 radical (unpaired) electrons. The molecule has 26 heavy (non-hydrogen) atoms. The molecule has 0 saturated carbocycles. The van der Waals surface area contributed by atoms with Crippen LogP contribution >= 0.6 is 0 Å². The third-order valence-electron chi connectivity index (χ3n) is 3.71. The smallest absolute Gasteiger partial charge is 0.319 e. The number of amides is 3. The second-order valence-corrected chi connectivity index (χ2v) is 6.42. The van der Waals surface area contributed by atoms with E-state index in [1.807, 2.05) is 26.0 Å². The number of carbonyl (C=O) groups is 2. The molecule has 2 rings (SSSR count). The van der Waals surface area contributed by atoms with Crippen LogP contribution in [-0.4, -0.2) is 29.5 Å². The van der Waals surface area contributed by atoms with Gasteiger partial charge in [-0.2, -0.15) is 0 Å². The van der Waals surface area contributed by atoms with Gasteiger partial charge < -0.3 is 20.7 Å². The van der Waals surface area contributed by atoms with Gasteiger partial charge in [-0.05, 0) is 44.5 Å². The van der Waals surface area contributed by atoms with Gasteiger partial charge in [0.25, 0.3) is 0 Å². The molecule has 1 aromatic carbocycles. The van der Waals surface area contributed by atoms with Crippen molar-refractivity contribution in [2.75, 3.05) is 12.4 Å². The van der Waals surface area contributed by atoms with Gasteiger partial charge in [0.1, 0.15) is 5.75 Å². The van der Waals surface area contributed by atoms with E-state index >= 15 is 0 Å². The Hall–Kier alpha value is -3.09. The maximum atomic E-state index is 12.4. The zero-order chi connectivity index (χ0) is 19.0. The number of nitrogens with one attached hydrogen (secondary N) is 3. The van der Waals surface area contributed by atoms with Gasteiger partial charge in [0.2, 0.25) is 5.91 Å². The van der Waals surface area contributed by atoms with Crippen LogP contribution in [-0.2, 0) is 4.79 Å². The minimum absolute atomic E-state index is 0.0597. The molecule has 138 valence electrons. The number of rotatable bonds is 7. The number of pyridine rings is 1. The number of benzene rings is 1. The van der Waals surface area contributed by atoms with Crippen LogP contribution in [0.4, 0.5) is 10.5 Å². The van der Waals surface area contributed by atoms with E-state index in [1.54, 1.807) is 43.7 Å². The molecule has 0 atom stereocenters. The van der Waals surface area contributed by atoms with Crippen molar-refractivity contribution in [1.82, 2.24) is 15.6 Å². The van der Waals surface area contributed by atoms with Crippen molar-refractivity contribution < 1.29 is 14.3 Å².